The van der Waals surface area contributed by atoms with Crippen LogP contribution < -0.4 is 10.5 Å². The zero-order valence-corrected chi connectivity index (χ0v) is 17.6. The molecule has 5 rings (SSSR count). The number of fused-ring (bicyclic) bond motifs is 2. The van der Waals surface area contributed by atoms with Gasteiger partial charge in [-0.15, -0.1) is 0 Å². The summed E-state index contributed by atoms with van der Waals surface area (Å²) >= 11 is 0. The lowest BCUT2D eigenvalue weighted by Crippen LogP contribution is -2.41. The quantitative estimate of drug-likeness (QED) is 0.791. The van der Waals surface area contributed by atoms with Crippen molar-refractivity contribution in [1.82, 2.24) is 14.8 Å². The zero-order chi connectivity index (χ0) is 21.5. The van der Waals surface area contributed by atoms with Gasteiger partial charge in [0.2, 0.25) is 0 Å². The van der Waals surface area contributed by atoms with Gasteiger partial charge in [-0.3, -0.25) is 9.59 Å². The summed E-state index contributed by atoms with van der Waals surface area (Å²) in [6.45, 7) is 5.14. The molecule has 0 bridgehead atoms. The smallest absolute Gasteiger partial charge is 0.257 e. The first-order valence-corrected chi connectivity index (χ1v) is 10.7. The molecule has 1 fully saturated rings. The zero-order valence-electron chi connectivity index (χ0n) is 17.6. The van der Waals surface area contributed by atoms with Gasteiger partial charge < -0.3 is 25.0 Å². The summed E-state index contributed by atoms with van der Waals surface area (Å²) in [4.78, 5) is 34.2. The molecule has 1 saturated heterocycles. The van der Waals surface area contributed by atoms with Crippen LogP contribution in [0.15, 0.2) is 24.3 Å². The van der Waals surface area contributed by atoms with E-state index in [1.807, 2.05) is 36.1 Å². The number of rotatable bonds is 2. The molecule has 1 aromatic heterocycles. The molecular weight excluding hydrogens is 396 g/mol. The number of hydrogen-bond donors (Lipinski definition) is 1. The Hall–Kier alpha value is -3.13. The Kier molecular flexibility index (Phi) is 5.02. The molecule has 0 aliphatic carbocycles. The largest absolute Gasteiger partial charge is 0.490 e. The van der Waals surface area contributed by atoms with Gasteiger partial charge in [-0.1, -0.05) is 0 Å². The molecular formula is C23H26N4O4. The van der Waals surface area contributed by atoms with Gasteiger partial charge in [-0.2, -0.15) is 0 Å². The van der Waals surface area contributed by atoms with E-state index in [-0.39, 0.29) is 23.7 Å². The third-order valence-electron chi connectivity index (χ3n) is 6.16. The van der Waals surface area contributed by atoms with Gasteiger partial charge in [-0.05, 0) is 42.3 Å². The summed E-state index contributed by atoms with van der Waals surface area (Å²) in [6, 6.07) is 7.45. The number of nitrogen functional groups attached to an aromatic ring is 1. The minimum absolute atomic E-state index is 0.0223. The Morgan fingerprint density at radius 1 is 1.06 bits per heavy atom. The first-order chi connectivity index (χ1) is 15.0. The highest BCUT2D eigenvalue weighted by atomic mass is 16.5. The molecule has 162 valence electrons. The minimum atomic E-state index is -0.132. The number of aromatic nitrogens is 1. The SMILES string of the molecule is C[C@@H]1Cc2cc(C(=O)N3CCc4nc(N)c(C(=O)N5CCOCC5)cc4C3)ccc2O1. The molecule has 2 aromatic rings. The number of anilines is 1. The van der Waals surface area contributed by atoms with Crippen molar-refractivity contribution in [2.45, 2.75) is 32.4 Å². The van der Waals surface area contributed by atoms with Crippen LogP contribution >= 0.6 is 0 Å². The summed E-state index contributed by atoms with van der Waals surface area (Å²) in [5, 5.41) is 0. The number of pyridine rings is 1. The monoisotopic (exact) mass is 422 g/mol. The van der Waals surface area contributed by atoms with Crippen molar-refractivity contribution >= 4 is 17.6 Å². The molecule has 1 atom stereocenters. The average Bonchev–Trinajstić information content (AvgIpc) is 3.17. The van der Waals surface area contributed by atoms with E-state index in [9.17, 15) is 9.59 Å². The van der Waals surface area contributed by atoms with Crippen LogP contribution in [0.3, 0.4) is 0 Å². The molecule has 8 nitrogen and oxygen atoms in total. The van der Waals surface area contributed by atoms with E-state index in [1.165, 1.54) is 0 Å². The summed E-state index contributed by atoms with van der Waals surface area (Å²) in [7, 11) is 0. The normalized spacial score (nSPS) is 20.1. The summed E-state index contributed by atoms with van der Waals surface area (Å²) < 4.78 is 11.1. The Morgan fingerprint density at radius 3 is 2.68 bits per heavy atom. The average molecular weight is 422 g/mol. The Morgan fingerprint density at radius 2 is 1.87 bits per heavy atom. The molecule has 2 N–H and O–H groups in total. The first-order valence-electron chi connectivity index (χ1n) is 10.7. The summed E-state index contributed by atoms with van der Waals surface area (Å²) in [5.41, 5.74) is 9.99. The van der Waals surface area contributed by atoms with E-state index in [4.69, 9.17) is 15.2 Å². The Labute approximate surface area is 180 Å². The fourth-order valence-corrected chi connectivity index (χ4v) is 4.51. The van der Waals surface area contributed by atoms with E-state index in [0.29, 0.717) is 56.9 Å². The lowest BCUT2D eigenvalue weighted by atomic mass is 10.0. The van der Waals surface area contributed by atoms with Crippen LogP contribution in [0.1, 0.15) is 44.5 Å². The maximum absolute atomic E-state index is 13.2. The van der Waals surface area contributed by atoms with Crippen LogP contribution in [0.4, 0.5) is 5.82 Å². The second-order valence-electron chi connectivity index (χ2n) is 8.36. The van der Waals surface area contributed by atoms with Gasteiger partial charge in [0.1, 0.15) is 17.7 Å². The van der Waals surface area contributed by atoms with Crippen LogP contribution in [0, 0.1) is 0 Å². The van der Waals surface area contributed by atoms with Crippen molar-refractivity contribution in [3.8, 4) is 5.75 Å². The molecule has 3 aliphatic rings. The maximum Gasteiger partial charge on any atom is 0.257 e. The van der Waals surface area contributed by atoms with Crippen LogP contribution in [-0.4, -0.2) is 65.6 Å². The number of hydrogen-bond acceptors (Lipinski definition) is 6. The highest BCUT2D eigenvalue weighted by Crippen LogP contribution is 2.30. The number of carbonyl (C=O) groups excluding carboxylic acids is 2. The fourth-order valence-electron chi connectivity index (χ4n) is 4.51. The molecule has 1 aromatic carbocycles. The van der Waals surface area contributed by atoms with E-state index < -0.39 is 0 Å². The van der Waals surface area contributed by atoms with E-state index in [1.54, 1.807) is 4.90 Å². The molecule has 0 spiro atoms. The molecule has 8 heteroatoms. The predicted octanol–water partition coefficient (Wildman–Crippen LogP) is 1.66. The first kappa shape index (κ1) is 19.8. The maximum atomic E-state index is 13.2. The Balaban J connectivity index is 1.36. The van der Waals surface area contributed by atoms with Crippen molar-refractivity contribution in [2.24, 2.45) is 0 Å². The molecule has 0 saturated carbocycles. The van der Waals surface area contributed by atoms with Crippen molar-refractivity contribution in [3.05, 3.63) is 52.2 Å². The van der Waals surface area contributed by atoms with Gasteiger partial charge in [0.05, 0.1) is 18.8 Å². The fraction of sp³-hybridized carbons (Fsp3) is 0.435. The predicted molar refractivity (Wildman–Crippen MR) is 114 cm³/mol. The topological polar surface area (TPSA) is 98.0 Å². The number of benzene rings is 1. The van der Waals surface area contributed by atoms with Crippen molar-refractivity contribution in [1.29, 1.82) is 0 Å². The van der Waals surface area contributed by atoms with E-state index in [0.717, 1.165) is 29.0 Å². The standard InChI is InChI=1S/C23H26N4O4/c1-14-10-16-11-15(2-3-20(16)31-14)22(28)27-5-4-19-17(13-27)12-18(21(24)25-19)23(29)26-6-8-30-9-7-26/h2-3,11-12,14H,4-10,13H2,1H3,(H2,24,25)/t14-/m1/s1. The number of morpholine rings is 1. The van der Waals surface area contributed by atoms with Gasteiger partial charge in [0.25, 0.3) is 11.8 Å². The number of ether oxygens (including phenoxy) is 2. The molecule has 3 aliphatic heterocycles. The molecule has 2 amide bonds. The highest BCUT2D eigenvalue weighted by Gasteiger charge is 2.28. The summed E-state index contributed by atoms with van der Waals surface area (Å²) in [6.07, 6.45) is 1.57. The van der Waals surface area contributed by atoms with Crippen LogP contribution in [0.25, 0.3) is 0 Å². The van der Waals surface area contributed by atoms with Crippen LogP contribution in [0.2, 0.25) is 0 Å². The number of amides is 2. The second kappa shape index (κ2) is 7.85. The highest BCUT2D eigenvalue weighted by molar-refractivity contribution is 5.99. The van der Waals surface area contributed by atoms with Gasteiger partial charge >= 0.3 is 0 Å². The molecule has 0 unspecified atom stereocenters. The van der Waals surface area contributed by atoms with Crippen LogP contribution in [0.5, 0.6) is 5.75 Å². The van der Waals surface area contributed by atoms with E-state index in [2.05, 4.69) is 4.98 Å². The number of nitrogens with two attached hydrogens (primary N) is 1. The Bertz CT molecular complexity index is 1050. The lowest BCUT2D eigenvalue weighted by molar-refractivity contribution is 0.0303. The minimum Gasteiger partial charge on any atom is -0.490 e. The molecule has 0 radical (unpaired) electrons. The van der Waals surface area contributed by atoms with Crippen molar-refractivity contribution in [3.63, 3.8) is 0 Å². The van der Waals surface area contributed by atoms with Gasteiger partial charge in [0.15, 0.2) is 0 Å². The molecule has 4 heterocycles. The molecule has 31 heavy (non-hydrogen) atoms. The summed E-state index contributed by atoms with van der Waals surface area (Å²) in [5.74, 6) is 0.958. The van der Waals surface area contributed by atoms with Crippen LogP contribution in [-0.2, 0) is 24.1 Å². The second-order valence-corrected chi connectivity index (χ2v) is 8.36. The lowest BCUT2D eigenvalue weighted by Gasteiger charge is -2.30. The van der Waals surface area contributed by atoms with Gasteiger partial charge in [-0.25, -0.2) is 4.98 Å². The van der Waals surface area contributed by atoms with E-state index >= 15 is 0 Å². The van der Waals surface area contributed by atoms with Crippen molar-refractivity contribution in [2.75, 3.05) is 38.6 Å². The number of carbonyl (C=O) groups is 2. The van der Waals surface area contributed by atoms with Gasteiger partial charge in [0, 0.05) is 50.3 Å². The third-order valence-corrected chi connectivity index (χ3v) is 6.16. The number of nitrogens with zero attached hydrogens (tertiary/aromatic N) is 3. The third kappa shape index (κ3) is 3.72. The van der Waals surface area contributed by atoms with Crippen molar-refractivity contribution < 1.29 is 19.1 Å².